The van der Waals surface area contributed by atoms with E-state index in [2.05, 4.69) is 6.92 Å². The van der Waals surface area contributed by atoms with E-state index in [1.165, 1.54) is 12.1 Å². The van der Waals surface area contributed by atoms with Crippen LogP contribution in [0.5, 0.6) is 0 Å². The first-order valence-electron chi connectivity index (χ1n) is 6.22. The van der Waals surface area contributed by atoms with Crippen molar-refractivity contribution in [2.75, 3.05) is 18.0 Å². The molecule has 2 unspecified atom stereocenters. The van der Waals surface area contributed by atoms with Gasteiger partial charge in [0.1, 0.15) is 5.69 Å². The Morgan fingerprint density at radius 3 is 2.89 bits per heavy atom. The average Bonchev–Trinajstić information content (AvgIpc) is 2.41. The summed E-state index contributed by atoms with van der Waals surface area (Å²) in [5, 5.41) is 20.0. The van der Waals surface area contributed by atoms with Gasteiger partial charge in [-0.15, -0.1) is 0 Å². The highest BCUT2D eigenvalue weighted by molar-refractivity contribution is 5.66. The number of anilines is 1. The second-order valence-corrected chi connectivity index (χ2v) is 4.95. The third kappa shape index (κ3) is 2.66. The van der Waals surface area contributed by atoms with Crippen LogP contribution in [-0.2, 0) is 0 Å². The van der Waals surface area contributed by atoms with Crippen LogP contribution in [0.25, 0.3) is 0 Å². The predicted molar refractivity (Wildman–Crippen MR) is 71.8 cm³/mol. The smallest absolute Gasteiger partial charge is 0.292 e. The summed E-state index contributed by atoms with van der Waals surface area (Å²) in [7, 11) is 0. The second kappa shape index (κ2) is 5.24. The van der Waals surface area contributed by atoms with Crippen molar-refractivity contribution in [1.82, 2.24) is 0 Å². The van der Waals surface area contributed by atoms with E-state index >= 15 is 0 Å². The molecule has 0 radical (unpaired) electrons. The Hall–Kier alpha value is -2.13. The number of rotatable bonds is 2. The molecule has 2 atom stereocenters. The lowest BCUT2D eigenvalue weighted by Gasteiger charge is -2.36. The standard InChI is InChI=1S/C13H16N4O2/c1-9-4-5-16(8-11(9)15)13-6-10(7-14)2-3-12(13)17(18)19/h2-3,6,9,11H,4-5,8,15H2,1H3. The number of nitro benzene ring substituents is 1. The molecule has 0 amide bonds. The number of piperidine rings is 1. The highest BCUT2D eigenvalue weighted by Crippen LogP contribution is 2.31. The highest BCUT2D eigenvalue weighted by atomic mass is 16.6. The molecule has 1 heterocycles. The van der Waals surface area contributed by atoms with Gasteiger partial charge >= 0.3 is 0 Å². The number of hydrogen-bond acceptors (Lipinski definition) is 5. The molecular weight excluding hydrogens is 244 g/mol. The van der Waals surface area contributed by atoms with Gasteiger partial charge in [-0.1, -0.05) is 6.92 Å². The Labute approximate surface area is 111 Å². The van der Waals surface area contributed by atoms with Crippen molar-refractivity contribution < 1.29 is 4.92 Å². The van der Waals surface area contributed by atoms with E-state index in [0.29, 0.717) is 23.7 Å². The fourth-order valence-corrected chi connectivity index (χ4v) is 2.32. The first-order chi connectivity index (χ1) is 9.02. The van der Waals surface area contributed by atoms with Crippen LogP contribution >= 0.6 is 0 Å². The van der Waals surface area contributed by atoms with Gasteiger partial charge in [-0.2, -0.15) is 5.26 Å². The van der Waals surface area contributed by atoms with Crippen LogP contribution in [0.4, 0.5) is 11.4 Å². The molecule has 1 aliphatic heterocycles. The van der Waals surface area contributed by atoms with Crippen molar-refractivity contribution in [2.45, 2.75) is 19.4 Å². The maximum Gasteiger partial charge on any atom is 0.292 e. The summed E-state index contributed by atoms with van der Waals surface area (Å²) in [4.78, 5) is 12.6. The lowest BCUT2D eigenvalue weighted by atomic mass is 9.93. The van der Waals surface area contributed by atoms with E-state index in [-0.39, 0.29) is 11.7 Å². The maximum absolute atomic E-state index is 11.1. The van der Waals surface area contributed by atoms with Crippen LogP contribution in [0.2, 0.25) is 0 Å². The largest absolute Gasteiger partial charge is 0.364 e. The third-order valence-corrected chi connectivity index (χ3v) is 3.66. The minimum absolute atomic E-state index is 0.000837. The zero-order valence-electron chi connectivity index (χ0n) is 10.7. The fourth-order valence-electron chi connectivity index (χ4n) is 2.32. The SMILES string of the molecule is CC1CCN(c2cc(C#N)ccc2[N+](=O)[O-])CC1N. The molecular formula is C13H16N4O2. The van der Waals surface area contributed by atoms with Gasteiger partial charge in [0.2, 0.25) is 0 Å². The average molecular weight is 260 g/mol. The quantitative estimate of drug-likeness (QED) is 0.644. The predicted octanol–water partition coefficient (Wildman–Crippen LogP) is 1.64. The van der Waals surface area contributed by atoms with Crippen molar-refractivity contribution in [1.29, 1.82) is 5.26 Å². The van der Waals surface area contributed by atoms with Crippen LogP contribution in [0.1, 0.15) is 18.9 Å². The number of benzene rings is 1. The molecule has 19 heavy (non-hydrogen) atoms. The van der Waals surface area contributed by atoms with E-state index in [9.17, 15) is 10.1 Å². The molecule has 0 saturated carbocycles. The monoisotopic (exact) mass is 260 g/mol. The molecule has 1 aromatic rings. The summed E-state index contributed by atoms with van der Waals surface area (Å²) in [5.41, 5.74) is 6.97. The van der Waals surface area contributed by atoms with Gasteiger partial charge in [0, 0.05) is 25.2 Å². The van der Waals surface area contributed by atoms with Gasteiger partial charge in [-0.25, -0.2) is 0 Å². The Balaban J connectivity index is 2.37. The van der Waals surface area contributed by atoms with Crippen molar-refractivity contribution in [3.05, 3.63) is 33.9 Å². The summed E-state index contributed by atoms with van der Waals surface area (Å²) in [5.74, 6) is 0.412. The van der Waals surface area contributed by atoms with Crippen molar-refractivity contribution >= 4 is 11.4 Å². The summed E-state index contributed by atoms with van der Waals surface area (Å²) in [6.07, 6.45) is 0.898. The van der Waals surface area contributed by atoms with Crippen LogP contribution in [0.3, 0.4) is 0 Å². The van der Waals surface area contributed by atoms with Gasteiger partial charge in [0.05, 0.1) is 16.6 Å². The topological polar surface area (TPSA) is 96.2 Å². The Bertz CT molecular complexity index is 538. The zero-order valence-corrected chi connectivity index (χ0v) is 10.7. The molecule has 6 heteroatoms. The van der Waals surface area contributed by atoms with Crippen molar-refractivity contribution in [3.63, 3.8) is 0 Å². The molecule has 1 saturated heterocycles. The van der Waals surface area contributed by atoms with Gasteiger partial charge in [-0.05, 0) is 24.5 Å². The summed E-state index contributed by atoms with van der Waals surface area (Å²) >= 11 is 0. The van der Waals surface area contributed by atoms with Crippen LogP contribution < -0.4 is 10.6 Å². The molecule has 0 bridgehead atoms. The molecule has 2 N–H and O–H groups in total. The minimum atomic E-state index is -0.417. The molecule has 6 nitrogen and oxygen atoms in total. The molecule has 2 rings (SSSR count). The molecule has 1 aromatic carbocycles. The highest BCUT2D eigenvalue weighted by Gasteiger charge is 2.27. The van der Waals surface area contributed by atoms with E-state index in [1.54, 1.807) is 6.07 Å². The molecule has 0 spiro atoms. The molecule has 1 fully saturated rings. The van der Waals surface area contributed by atoms with Crippen molar-refractivity contribution in [2.24, 2.45) is 11.7 Å². The van der Waals surface area contributed by atoms with Gasteiger partial charge < -0.3 is 10.6 Å². The Morgan fingerprint density at radius 1 is 1.58 bits per heavy atom. The molecule has 100 valence electrons. The van der Waals surface area contributed by atoms with Crippen LogP contribution in [-0.4, -0.2) is 24.1 Å². The lowest BCUT2D eigenvalue weighted by Crippen LogP contribution is -2.47. The lowest BCUT2D eigenvalue weighted by molar-refractivity contribution is -0.384. The van der Waals surface area contributed by atoms with Crippen LogP contribution in [0.15, 0.2) is 18.2 Å². The normalized spacial score (nSPS) is 22.9. The van der Waals surface area contributed by atoms with Gasteiger partial charge in [0.25, 0.3) is 5.69 Å². The summed E-state index contributed by atoms with van der Waals surface area (Å²) in [6, 6.07) is 6.43. The second-order valence-electron chi connectivity index (χ2n) is 4.95. The zero-order chi connectivity index (χ0) is 14.0. The van der Waals surface area contributed by atoms with E-state index < -0.39 is 4.92 Å². The van der Waals surface area contributed by atoms with Gasteiger partial charge in [0.15, 0.2) is 0 Å². The molecule has 0 aromatic heterocycles. The first-order valence-corrected chi connectivity index (χ1v) is 6.22. The Morgan fingerprint density at radius 2 is 2.32 bits per heavy atom. The maximum atomic E-state index is 11.1. The Kier molecular flexibility index (Phi) is 3.67. The fraction of sp³-hybridized carbons (Fsp3) is 0.462. The number of nitro groups is 1. The molecule has 1 aliphatic rings. The number of hydrogen-bond donors (Lipinski definition) is 1. The number of nitrogens with two attached hydrogens (primary N) is 1. The third-order valence-electron chi connectivity index (χ3n) is 3.66. The molecule has 0 aliphatic carbocycles. The number of nitriles is 1. The van der Waals surface area contributed by atoms with E-state index in [0.717, 1.165) is 13.0 Å². The summed E-state index contributed by atoms with van der Waals surface area (Å²) < 4.78 is 0. The first kappa shape index (κ1) is 13.3. The van der Waals surface area contributed by atoms with Gasteiger partial charge in [-0.3, -0.25) is 10.1 Å². The van der Waals surface area contributed by atoms with E-state index in [4.69, 9.17) is 11.0 Å². The number of nitrogens with zero attached hydrogens (tertiary/aromatic N) is 3. The minimum Gasteiger partial charge on any atom is -0.364 e. The van der Waals surface area contributed by atoms with E-state index in [1.807, 2.05) is 11.0 Å². The summed E-state index contributed by atoms with van der Waals surface area (Å²) in [6.45, 7) is 3.39. The van der Waals surface area contributed by atoms with Crippen molar-refractivity contribution in [3.8, 4) is 6.07 Å². The van der Waals surface area contributed by atoms with Crippen LogP contribution in [0, 0.1) is 27.4 Å².